The van der Waals surface area contributed by atoms with E-state index in [1.54, 1.807) is 13.1 Å². The van der Waals surface area contributed by atoms with E-state index >= 15 is 0 Å². The highest BCUT2D eigenvalue weighted by Gasteiger charge is 2.28. The van der Waals surface area contributed by atoms with Crippen LogP contribution in [-0.2, 0) is 10.0 Å². The van der Waals surface area contributed by atoms with Gasteiger partial charge in [0.2, 0.25) is 10.0 Å². The number of nitrogens with one attached hydrogen (secondary N) is 1. The summed E-state index contributed by atoms with van der Waals surface area (Å²) in [6.07, 6.45) is 0. The molecule has 2 rings (SSSR count). The van der Waals surface area contributed by atoms with Crippen LogP contribution < -0.4 is 5.32 Å². The summed E-state index contributed by atoms with van der Waals surface area (Å²) in [5, 5.41) is 3.08. The lowest BCUT2D eigenvalue weighted by atomic mass is 10.1. The molecule has 4 nitrogen and oxygen atoms in total. The van der Waals surface area contributed by atoms with E-state index in [1.165, 1.54) is 4.31 Å². The van der Waals surface area contributed by atoms with Crippen LogP contribution in [0.2, 0.25) is 0 Å². The number of hydrogen-bond acceptors (Lipinski definition) is 3. The van der Waals surface area contributed by atoms with Crippen molar-refractivity contribution in [2.45, 2.75) is 18.7 Å². The van der Waals surface area contributed by atoms with Gasteiger partial charge in [0.05, 0.1) is 12.4 Å². The topological polar surface area (TPSA) is 49.4 Å². The molecule has 0 fully saturated rings. The van der Waals surface area contributed by atoms with E-state index in [2.05, 4.69) is 5.32 Å². The SMILES string of the molecule is Cc1cc2c(cc1C)S(=O)(=O)N(C)CN2. The Labute approximate surface area is 90.0 Å². The molecule has 0 amide bonds. The molecule has 1 aliphatic rings. The summed E-state index contributed by atoms with van der Waals surface area (Å²) in [5.41, 5.74) is 2.80. The quantitative estimate of drug-likeness (QED) is 0.725. The molecule has 0 saturated carbocycles. The molecule has 0 aliphatic carbocycles. The van der Waals surface area contributed by atoms with Crippen LogP contribution in [0.25, 0.3) is 0 Å². The second-order valence-electron chi connectivity index (χ2n) is 3.87. The molecule has 1 aromatic rings. The van der Waals surface area contributed by atoms with Gasteiger partial charge in [-0.3, -0.25) is 0 Å². The van der Waals surface area contributed by atoms with Gasteiger partial charge in [-0.1, -0.05) is 0 Å². The molecule has 1 aliphatic heterocycles. The van der Waals surface area contributed by atoms with Crippen LogP contribution in [-0.4, -0.2) is 26.4 Å². The first-order chi connectivity index (χ1) is 6.93. The van der Waals surface area contributed by atoms with Crippen LogP contribution in [0.1, 0.15) is 11.1 Å². The minimum Gasteiger partial charge on any atom is -0.370 e. The van der Waals surface area contributed by atoms with Crippen LogP contribution in [0.3, 0.4) is 0 Å². The van der Waals surface area contributed by atoms with Crippen molar-refractivity contribution < 1.29 is 8.42 Å². The number of rotatable bonds is 0. The largest absolute Gasteiger partial charge is 0.370 e. The van der Waals surface area contributed by atoms with Crippen LogP contribution in [0.5, 0.6) is 0 Å². The highest BCUT2D eigenvalue weighted by Crippen LogP contribution is 2.30. The smallest absolute Gasteiger partial charge is 0.246 e. The fourth-order valence-corrected chi connectivity index (χ4v) is 2.90. The summed E-state index contributed by atoms with van der Waals surface area (Å²) in [6, 6.07) is 3.61. The zero-order valence-electron chi connectivity index (χ0n) is 9.03. The minimum absolute atomic E-state index is 0.331. The van der Waals surface area contributed by atoms with Gasteiger partial charge in [-0.05, 0) is 37.1 Å². The predicted octanol–water partition coefficient (Wildman–Crippen LogP) is 1.31. The summed E-state index contributed by atoms with van der Waals surface area (Å²) in [4.78, 5) is 0.374. The van der Waals surface area contributed by atoms with Gasteiger partial charge in [0.25, 0.3) is 0 Å². The van der Waals surface area contributed by atoms with Gasteiger partial charge < -0.3 is 5.32 Å². The third-order valence-electron chi connectivity index (χ3n) is 2.78. The molecule has 1 heterocycles. The fraction of sp³-hybridized carbons (Fsp3) is 0.400. The highest BCUT2D eigenvalue weighted by molar-refractivity contribution is 7.89. The maximum Gasteiger partial charge on any atom is 0.246 e. The molecule has 0 radical (unpaired) electrons. The summed E-state index contributed by atoms with van der Waals surface area (Å²) in [6.45, 7) is 4.22. The number of sulfonamides is 1. The Morgan fingerprint density at radius 2 is 1.87 bits per heavy atom. The zero-order chi connectivity index (χ0) is 11.2. The van der Waals surface area contributed by atoms with E-state index in [0.717, 1.165) is 11.1 Å². The summed E-state index contributed by atoms with van der Waals surface area (Å²) < 4.78 is 25.2. The Kier molecular flexibility index (Phi) is 2.24. The molecular weight excluding hydrogens is 212 g/mol. The van der Waals surface area contributed by atoms with E-state index in [-0.39, 0.29) is 0 Å². The van der Waals surface area contributed by atoms with Crippen molar-refractivity contribution in [2.24, 2.45) is 0 Å². The van der Waals surface area contributed by atoms with Crippen molar-refractivity contribution in [2.75, 3.05) is 19.0 Å². The lowest BCUT2D eigenvalue weighted by Crippen LogP contribution is -2.36. The Morgan fingerprint density at radius 1 is 1.27 bits per heavy atom. The molecule has 0 saturated heterocycles. The number of hydrogen-bond donors (Lipinski definition) is 1. The minimum atomic E-state index is -3.29. The summed E-state index contributed by atoms with van der Waals surface area (Å²) in [7, 11) is -1.72. The third-order valence-corrected chi connectivity index (χ3v) is 4.62. The predicted molar refractivity (Wildman–Crippen MR) is 59.4 cm³/mol. The molecule has 0 spiro atoms. The standard InChI is InChI=1S/C10H14N2O2S/c1-7-4-9-10(5-8(7)2)15(13,14)12(3)6-11-9/h4-5,11H,6H2,1-3H3. The Balaban J connectivity index is 2.70. The van der Waals surface area contributed by atoms with Gasteiger partial charge in [0.1, 0.15) is 4.90 Å². The monoisotopic (exact) mass is 226 g/mol. The van der Waals surface area contributed by atoms with Gasteiger partial charge in [0.15, 0.2) is 0 Å². The third kappa shape index (κ3) is 1.52. The number of nitrogens with zero attached hydrogens (tertiary/aromatic N) is 1. The Morgan fingerprint density at radius 3 is 2.53 bits per heavy atom. The molecule has 0 aromatic heterocycles. The van der Waals surface area contributed by atoms with Crippen LogP contribution in [0.15, 0.2) is 17.0 Å². The van der Waals surface area contributed by atoms with Crippen LogP contribution in [0, 0.1) is 13.8 Å². The molecule has 1 aromatic carbocycles. The first-order valence-corrected chi connectivity index (χ1v) is 6.18. The molecule has 15 heavy (non-hydrogen) atoms. The van der Waals surface area contributed by atoms with Crippen LogP contribution >= 0.6 is 0 Å². The van der Waals surface area contributed by atoms with Crippen molar-refractivity contribution in [3.05, 3.63) is 23.3 Å². The normalized spacial score (nSPS) is 19.4. The van der Waals surface area contributed by atoms with Gasteiger partial charge in [-0.25, -0.2) is 8.42 Å². The van der Waals surface area contributed by atoms with Gasteiger partial charge in [-0.2, -0.15) is 4.31 Å². The fourth-order valence-electron chi connectivity index (χ4n) is 1.59. The first-order valence-electron chi connectivity index (χ1n) is 4.74. The average Bonchev–Trinajstić information content (AvgIpc) is 2.16. The van der Waals surface area contributed by atoms with E-state index < -0.39 is 10.0 Å². The number of anilines is 1. The highest BCUT2D eigenvalue weighted by atomic mass is 32.2. The second kappa shape index (κ2) is 3.21. The number of aryl methyl sites for hydroxylation is 2. The van der Waals surface area contributed by atoms with E-state index in [1.807, 2.05) is 19.9 Å². The van der Waals surface area contributed by atoms with Crippen molar-refractivity contribution in [1.29, 1.82) is 0 Å². The molecule has 0 atom stereocenters. The number of fused-ring (bicyclic) bond motifs is 1. The summed E-state index contributed by atoms with van der Waals surface area (Å²) in [5.74, 6) is 0. The van der Waals surface area contributed by atoms with Gasteiger partial charge in [0, 0.05) is 7.05 Å². The van der Waals surface area contributed by atoms with E-state index in [4.69, 9.17) is 0 Å². The van der Waals surface area contributed by atoms with E-state index in [0.29, 0.717) is 17.3 Å². The van der Waals surface area contributed by atoms with Crippen molar-refractivity contribution in [3.63, 3.8) is 0 Å². The maximum absolute atomic E-state index is 12.0. The molecule has 1 N–H and O–H groups in total. The van der Waals surface area contributed by atoms with Gasteiger partial charge >= 0.3 is 0 Å². The molecule has 82 valence electrons. The molecule has 5 heteroatoms. The lowest BCUT2D eigenvalue weighted by Gasteiger charge is -2.27. The molecule has 0 bridgehead atoms. The van der Waals surface area contributed by atoms with Gasteiger partial charge in [-0.15, -0.1) is 0 Å². The molecular formula is C10H14N2O2S. The Bertz CT molecular complexity index is 508. The maximum atomic E-state index is 12.0. The Hall–Kier alpha value is -1.07. The van der Waals surface area contributed by atoms with Crippen molar-refractivity contribution >= 4 is 15.7 Å². The van der Waals surface area contributed by atoms with E-state index in [9.17, 15) is 8.42 Å². The van der Waals surface area contributed by atoms with Crippen LogP contribution in [0.4, 0.5) is 5.69 Å². The second-order valence-corrected chi connectivity index (χ2v) is 5.88. The average molecular weight is 226 g/mol. The molecule has 0 unspecified atom stereocenters. The first kappa shape index (κ1) is 10.4. The zero-order valence-corrected chi connectivity index (χ0v) is 9.85. The lowest BCUT2D eigenvalue weighted by molar-refractivity contribution is 0.482. The number of benzene rings is 1. The van der Waals surface area contributed by atoms with Crippen molar-refractivity contribution in [1.82, 2.24) is 4.31 Å². The summed E-state index contributed by atoms with van der Waals surface area (Å²) >= 11 is 0. The van der Waals surface area contributed by atoms with Crippen molar-refractivity contribution in [3.8, 4) is 0 Å².